The number of hydrogen-bond donors (Lipinski definition) is 0. The summed E-state index contributed by atoms with van der Waals surface area (Å²) in [5.74, 6) is -0.495. The van der Waals surface area contributed by atoms with Gasteiger partial charge in [0.25, 0.3) is 0 Å². The molecule has 0 saturated heterocycles. The quantitative estimate of drug-likeness (QED) is 0.473. The van der Waals surface area contributed by atoms with Crippen molar-refractivity contribution in [2.24, 2.45) is 17.4 Å². The second kappa shape index (κ2) is 8.57. The molecule has 8 nitrogen and oxygen atoms in total. The van der Waals surface area contributed by atoms with Gasteiger partial charge >= 0.3 is 6.18 Å². The lowest BCUT2D eigenvalue weighted by atomic mass is 10.1. The Morgan fingerprint density at radius 3 is 2.44 bits per heavy atom. The number of oxime groups is 2. The molecule has 0 spiro atoms. The average molecular weight is 472 g/mol. The molecular formula is C20H23F3N4O4S. The van der Waals surface area contributed by atoms with Crippen LogP contribution in [-0.4, -0.2) is 40.3 Å². The molecule has 12 heteroatoms. The number of sulfone groups is 1. The van der Waals surface area contributed by atoms with E-state index < -0.39 is 32.9 Å². The van der Waals surface area contributed by atoms with Gasteiger partial charge in [-0.1, -0.05) is 22.4 Å². The smallest absolute Gasteiger partial charge is 0.391 e. The summed E-state index contributed by atoms with van der Waals surface area (Å²) in [5.41, 5.74) is 0.0807. The van der Waals surface area contributed by atoms with Crippen LogP contribution in [0.5, 0.6) is 0 Å². The molecule has 0 atom stereocenters. The Kier molecular flexibility index (Phi) is 6.36. The normalized spacial score (nSPS) is 16.6. The maximum Gasteiger partial charge on any atom is 0.416 e. The van der Waals surface area contributed by atoms with Crippen molar-refractivity contribution in [3.05, 3.63) is 52.8 Å². The summed E-state index contributed by atoms with van der Waals surface area (Å²) in [6.45, 7) is 5.02. The third-order valence-electron chi connectivity index (χ3n) is 4.67. The summed E-state index contributed by atoms with van der Waals surface area (Å²) in [6, 6.07) is 4.44. The van der Waals surface area contributed by atoms with Crippen molar-refractivity contribution in [2.45, 2.75) is 45.6 Å². The lowest BCUT2D eigenvalue weighted by molar-refractivity contribution is -0.137. The van der Waals surface area contributed by atoms with Crippen LogP contribution >= 0.6 is 0 Å². The maximum atomic E-state index is 12.9. The van der Waals surface area contributed by atoms with E-state index in [1.54, 1.807) is 34.0 Å². The van der Waals surface area contributed by atoms with Crippen molar-refractivity contribution in [1.29, 1.82) is 0 Å². The summed E-state index contributed by atoms with van der Waals surface area (Å²) in [7, 11) is -2.17. The minimum atomic E-state index is -4.43. The fraction of sp³-hybridized carbons (Fsp3) is 0.450. The van der Waals surface area contributed by atoms with Gasteiger partial charge in [0.05, 0.1) is 11.3 Å². The zero-order chi connectivity index (χ0) is 23.7. The van der Waals surface area contributed by atoms with Gasteiger partial charge in [-0.05, 0) is 38.5 Å². The van der Waals surface area contributed by atoms with Crippen LogP contribution in [0.3, 0.4) is 0 Å². The van der Waals surface area contributed by atoms with Gasteiger partial charge in [0.1, 0.15) is 23.7 Å². The molecule has 1 aromatic carbocycles. The van der Waals surface area contributed by atoms with E-state index in [1.807, 2.05) is 0 Å². The molecule has 0 N–H and O–H groups in total. The van der Waals surface area contributed by atoms with Crippen molar-refractivity contribution in [1.82, 2.24) is 9.78 Å². The number of aryl methyl sites for hydroxylation is 2. The van der Waals surface area contributed by atoms with E-state index in [0.29, 0.717) is 16.8 Å². The van der Waals surface area contributed by atoms with Gasteiger partial charge < -0.3 is 9.68 Å². The van der Waals surface area contributed by atoms with Crippen LogP contribution in [0.25, 0.3) is 0 Å². The fourth-order valence-electron chi connectivity index (χ4n) is 3.04. The zero-order valence-electron chi connectivity index (χ0n) is 18.0. The number of benzene rings is 1. The van der Waals surface area contributed by atoms with Gasteiger partial charge in [-0.25, -0.2) is 8.42 Å². The summed E-state index contributed by atoms with van der Waals surface area (Å²) >= 11 is 0. The largest absolute Gasteiger partial charge is 0.416 e. The summed E-state index contributed by atoms with van der Waals surface area (Å²) in [5, 5.41) is 11.8. The molecule has 0 bridgehead atoms. The van der Waals surface area contributed by atoms with Crippen LogP contribution in [0, 0.1) is 6.92 Å². The molecule has 0 unspecified atom stereocenters. The van der Waals surface area contributed by atoms with Crippen molar-refractivity contribution in [3.63, 3.8) is 0 Å². The zero-order valence-corrected chi connectivity index (χ0v) is 18.8. The number of alkyl halides is 3. The highest BCUT2D eigenvalue weighted by Gasteiger charge is 2.37. The van der Waals surface area contributed by atoms with Gasteiger partial charge in [0, 0.05) is 25.2 Å². The lowest BCUT2D eigenvalue weighted by Gasteiger charge is -2.13. The fourth-order valence-corrected chi connectivity index (χ4v) is 4.50. The monoisotopic (exact) mass is 472 g/mol. The first-order chi connectivity index (χ1) is 14.8. The molecule has 0 amide bonds. The molecule has 3 rings (SSSR count). The molecule has 1 aromatic heterocycles. The molecule has 0 fully saturated rings. The summed E-state index contributed by atoms with van der Waals surface area (Å²) < 4.78 is 65.4. The number of rotatable bonds is 6. The van der Waals surface area contributed by atoms with Crippen LogP contribution in [-0.2, 0) is 39.3 Å². The van der Waals surface area contributed by atoms with Crippen molar-refractivity contribution >= 4 is 20.6 Å². The van der Waals surface area contributed by atoms with Crippen molar-refractivity contribution in [2.75, 3.05) is 5.75 Å². The first-order valence-electron chi connectivity index (χ1n) is 9.60. The number of halogens is 3. The molecule has 2 heterocycles. The summed E-state index contributed by atoms with van der Waals surface area (Å²) in [6.07, 6.45) is -2.69. The Morgan fingerprint density at radius 1 is 1.28 bits per heavy atom. The van der Waals surface area contributed by atoms with Crippen LogP contribution in [0.15, 0.2) is 40.8 Å². The second-order valence-corrected chi connectivity index (χ2v) is 10.1. The second-order valence-electron chi connectivity index (χ2n) is 8.08. The molecule has 1 aliphatic rings. The van der Waals surface area contributed by atoms with Crippen LogP contribution < -0.4 is 0 Å². The Morgan fingerprint density at radius 2 is 1.94 bits per heavy atom. The van der Waals surface area contributed by atoms with Crippen molar-refractivity contribution < 1.29 is 31.3 Å². The van der Waals surface area contributed by atoms with E-state index >= 15 is 0 Å². The highest BCUT2D eigenvalue weighted by atomic mass is 32.2. The number of nitrogens with zero attached hydrogens (tertiary/aromatic N) is 4. The lowest BCUT2D eigenvalue weighted by Crippen LogP contribution is -2.27. The van der Waals surface area contributed by atoms with Crippen LogP contribution in [0.2, 0.25) is 0 Å². The molecular weight excluding hydrogens is 449 g/mol. The standard InChI is InChI=1S/C20H23F3N4O4S/c1-13-16(10-27(4)24-13)17(12-32(28,29)18-9-19(2,3)31-26-18)25-30-11-14-5-7-15(8-6-14)20(21,22)23/h5-8,10H,9,11-12H2,1-4H3. The van der Waals surface area contributed by atoms with Gasteiger partial charge in [-0.15, -0.1) is 0 Å². The molecule has 32 heavy (non-hydrogen) atoms. The molecule has 0 radical (unpaired) electrons. The Bertz CT molecular complexity index is 1150. The molecule has 1 aliphatic heterocycles. The highest BCUT2D eigenvalue weighted by molar-refractivity contribution is 8.07. The van der Waals surface area contributed by atoms with E-state index in [0.717, 1.165) is 12.1 Å². The first kappa shape index (κ1) is 23.8. The van der Waals surface area contributed by atoms with Crippen molar-refractivity contribution in [3.8, 4) is 0 Å². The van der Waals surface area contributed by atoms with Gasteiger partial charge in [0.15, 0.2) is 5.04 Å². The Hall–Kier alpha value is -2.89. The third kappa shape index (κ3) is 5.67. The molecule has 174 valence electrons. The van der Waals surface area contributed by atoms with E-state index in [4.69, 9.17) is 9.68 Å². The topological polar surface area (TPSA) is 95.1 Å². The SMILES string of the molecule is Cc1nn(C)cc1C(CS(=O)(=O)C1=NOC(C)(C)C1)=NOCc1ccc(C(F)(F)F)cc1. The Balaban J connectivity index is 1.81. The van der Waals surface area contributed by atoms with E-state index in [9.17, 15) is 21.6 Å². The van der Waals surface area contributed by atoms with Crippen LogP contribution in [0.1, 0.15) is 42.7 Å². The average Bonchev–Trinajstić information content (AvgIpc) is 3.21. The predicted octanol–water partition coefficient (Wildman–Crippen LogP) is 3.60. The molecule has 0 aliphatic carbocycles. The van der Waals surface area contributed by atoms with E-state index in [-0.39, 0.29) is 23.8 Å². The Labute approximate surface area is 183 Å². The van der Waals surface area contributed by atoms with E-state index in [1.165, 1.54) is 16.8 Å². The van der Waals surface area contributed by atoms with Gasteiger partial charge in [-0.2, -0.15) is 18.3 Å². The highest BCUT2D eigenvalue weighted by Crippen LogP contribution is 2.29. The van der Waals surface area contributed by atoms with Gasteiger partial charge in [-0.3, -0.25) is 4.68 Å². The number of hydrogen-bond acceptors (Lipinski definition) is 7. The summed E-state index contributed by atoms with van der Waals surface area (Å²) in [4.78, 5) is 10.5. The molecule has 0 saturated carbocycles. The van der Waals surface area contributed by atoms with Crippen LogP contribution in [0.4, 0.5) is 13.2 Å². The minimum Gasteiger partial charge on any atom is -0.391 e. The van der Waals surface area contributed by atoms with Gasteiger partial charge in [0.2, 0.25) is 9.84 Å². The first-order valence-corrected chi connectivity index (χ1v) is 11.3. The minimum absolute atomic E-state index is 0.0838. The van der Waals surface area contributed by atoms with E-state index in [2.05, 4.69) is 15.4 Å². The molecule has 2 aromatic rings. The predicted molar refractivity (Wildman–Crippen MR) is 112 cm³/mol. The third-order valence-corrected chi connectivity index (χ3v) is 6.26. The maximum absolute atomic E-state index is 12.9. The number of aromatic nitrogens is 2.